The summed E-state index contributed by atoms with van der Waals surface area (Å²) in [6.45, 7) is 1.55. The van der Waals surface area contributed by atoms with Gasteiger partial charge in [0.2, 0.25) is 0 Å². The Morgan fingerprint density at radius 2 is 1.94 bits per heavy atom. The van der Waals surface area contributed by atoms with Gasteiger partial charge in [0, 0.05) is 11.3 Å². The van der Waals surface area contributed by atoms with Crippen molar-refractivity contribution in [1.82, 2.24) is 15.3 Å². The number of H-pyrrole nitrogens is 1. The average Bonchev–Trinajstić information content (AvgIpc) is 3.24. The summed E-state index contributed by atoms with van der Waals surface area (Å²) in [7, 11) is 0. The SMILES string of the molecule is CC(NC(=O)COC(=O)CCc1nc2sc3c(c2c(=O)[nH]1)CCCC3)c1cccc2ccccc12. The van der Waals surface area contributed by atoms with Crippen LogP contribution in [0.3, 0.4) is 0 Å². The van der Waals surface area contributed by atoms with E-state index in [0.717, 1.165) is 52.4 Å². The number of nitrogens with one attached hydrogen (secondary N) is 2. The van der Waals surface area contributed by atoms with Gasteiger partial charge in [0.25, 0.3) is 11.5 Å². The first kappa shape index (κ1) is 23.2. The van der Waals surface area contributed by atoms with Crippen molar-refractivity contribution in [3.63, 3.8) is 0 Å². The van der Waals surface area contributed by atoms with Crippen molar-refractivity contribution >= 4 is 44.2 Å². The summed E-state index contributed by atoms with van der Waals surface area (Å²) in [6, 6.07) is 13.7. The molecule has 2 heterocycles. The molecular formula is C27H27N3O4S. The lowest BCUT2D eigenvalue weighted by Gasteiger charge is -2.16. The molecule has 0 spiro atoms. The largest absolute Gasteiger partial charge is 0.456 e. The van der Waals surface area contributed by atoms with Crippen LogP contribution in [-0.2, 0) is 33.6 Å². The van der Waals surface area contributed by atoms with E-state index < -0.39 is 5.97 Å². The Morgan fingerprint density at radius 1 is 1.14 bits per heavy atom. The predicted molar refractivity (Wildman–Crippen MR) is 137 cm³/mol. The number of nitrogens with zero attached hydrogens (tertiary/aromatic N) is 1. The molecule has 7 nitrogen and oxygen atoms in total. The molecule has 2 N–H and O–H groups in total. The lowest BCUT2D eigenvalue weighted by atomic mass is 9.97. The Hall–Kier alpha value is -3.52. The van der Waals surface area contributed by atoms with E-state index in [9.17, 15) is 14.4 Å². The van der Waals surface area contributed by atoms with E-state index in [4.69, 9.17) is 4.74 Å². The standard InChI is InChI=1S/C27H27N3O4S/c1-16(18-11-6-8-17-7-2-3-9-19(17)18)28-23(31)15-34-24(32)14-13-22-29-26(33)25-20-10-4-5-12-21(20)35-27(25)30-22/h2-3,6-9,11,16H,4-5,10,12-15H2,1H3,(H,28,31)(H,29,30,33). The molecule has 8 heteroatoms. The van der Waals surface area contributed by atoms with Gasteiger partial charge in [0.05, 0.1) is 17.8 Å². The van der Waals surface area contributed by atoms with Gasteiger partial charge in [-0.2, -0.15) is 0 Å². The number of hydrogen-bond donors (Lipinski definition) is 2. The molecule has 2 aromatic carbocycles. The molecule has 0 radical (unpaired) electrons. The summed E-state index contributed by atoms with van der Waals surface area (Å²) in [5, 5.41) is 5.77. The third kappa shape index (κ3) is 4.98. The zero-order chi connectivity index (χ0) is 24.4. The predicted octanol–water partition coefficient (Wildman–Crippen LogP) is 4.37. The summed E-state index contributed by atoms with van der Waals surface area (Å²) in [5.74, 6) is -0.408. The minimum Gasteiger partial charge on any atom is -0.456 e. The van der Waals surface area contributed by atoms with Gasteiger partial charge in [0.15, 0.2) is 6.61 Å². The Balaban J connectivity index is 1.15. The van der Waals surface area contributed by atoms with E-state index in [1.54, 1.807) is 11.3 Å². The van der Waals surface area contributed by atoms with Gasteiger partial charge in [-0.15, -0.1) is 11.3 Å². The van der Waals surface area contributed by atoms with Crippen molar-refractivity contribution in [3.05, 3.63) is 74.6 Å². The fourth-order valence-corrected chi connectivity index (χ4v) is 6.04. The number of thiophene rings is 1. The van der Waals surface area contributed by atoms with Crippen molar-refractivity contribution in [1.29, 1.82) is 0 Å². The first-order valence-electron chi connectivity index (χ1n) is 12.0. The first-order valence-corrected chi connectivity index (χ1v) is 12.8. The maximum absolute atomic E-state index is 12.6. The highest BCUT2D eigenvalue weighted by Gasteiger charge is 2.20. The number of benzene rings is 2. The summed E-state index contributed by atoms with van der Waals surface area (Å²) in [4.78, 5) is 46.7. The fourth-order valence-electron chi connectivity index (χ4n) is 4.75. The second-order valence-corrected chi connectivity index (χ2v) is 10.0. The number of amides is 1. The summed E-state index contributed by atoms with van der Waals surface area (Å²) >= 11 is 1.58. The number of aromatic amines is 1. The van der Waals surface area contributed by atoms with Crippen LogP contribution in [0.2, 0.25) is 0 Å². The molecule has 1 atom stereocenters. The van der Waals surface area contributed by atoms with Crippen LogP contribution >= 0.6 is 11.3 Å². The second-order valence-electron chi connectivity index (χ2n) is 8.92. The highest BCUT2D eigenvalue weighted by Crippen LogP contribution is 2.33. The van der Waals surface area contributed by atoms with E-state index in [2.05, 4.69) is 15.3 Å². The van der Waals surface area contributed by atoms with E-state index in [-0.39, 0.29) is 37.0 Å². The minimum atomic E-state index is -0.508. The number of hydrogen-bond acceptors (Lipinski definition) is 6. The molecule has 1 amide bonds. The molecule has 1 aliphatic rings. The van der Waals surface area contributed by atoms with Crippen LogP contribution in [0.15, 0.2) is 47.3 Å². The molecule has 180 valence electrons. The number of carbonyl (C=O) groups excluding carboxylic acids is 2. The summed E-state index contributed by atoms with van der Waals surface area (Å²) in [6.07, 6.45) is 4.45. The summed E-state index contributed by atoms with van der Waals surface area (Å²) < 4.78 is 5.17. The molecular weight excluding hydrogens is 462 g/mol. The zero-order valence-electron chi connectivity index (χ0n) is 19.6. The van der Waals surface area contributed by atoms with Gasteiger partial charge >= 0.3 is 5.97 Å². The van der Waals surface area contributed by atoms with Gasteiger partial charge in [-0.1, -0.05) is 42.5 Å². The van der Waals surface area contributed by atoms with Gasteiger partial charge < -0.3 is 15.0 Å². The maximum Gasteiger partial charge on any atom is 0.306 e. The quantitative estimate of drug-likeness (QED) is 0.376. The number of rotatable bonds is 7. The topological polar surface area (TPSA) is 101 Å². The number of aryl methyl sites for hydroxylation is 3. The minimum absolute atomic E-state index is 0.0334. The maximum atomic E-state index is 12.6. The van der Waals surface area contributed by atoms with Crippen LogP contribution in [0.1, 0.15) is 54.1 Å². The zero-order valence-corrected chi connectivity index (χ0v) is 20.4. The average molecular weight is 490 g/mol. The first-order chi connectivity index (χ1) is 17.0. The van der Waals surface area contributed by atoms with E-state index in [1.165, 1.54) is 4.88 Å². The Labute approximate surface area is 206 Å². The van der Waals surface area contributed by atoms with Crippen molar-refractivity contribution < 1.29 is 14.3 Å². The number of esters is 1. The monoisotopic (exact) mass is 489 g/mol. The van der Waals surface area contributed by atoms with Crippen molar-refractivity contribution in [2.75, 3.05) is 6.61 Å². The van der Waals surface area contributed by atoms with Gasteiger partial charge in [-0.3, -0.25) is 14.4 Å². The van der Waals surface area contributed by atoms with Crippen LogP contribution in [0.5, 0.6) is 0 Å². The Bertz CT molecular complexity index is 1470. The van der Waals surface area contributed by atoms with Crippen LogP contribution in [0.25, 0.3) is 21.0 Å². The summed E-state index contributed by atoms with van der Waals surface area (Å²) in [5.41, 5.74) is 2.00. The molecule has 1 unspecified atom stereocenters. The number of aromatic nitrogens is 2. The molecule has 1 aliphatic carbocycles. The molecule has 4 aromatic rings. The number of fused-ring (bicyclic) bond motifs is 4. The van der Waals surface area contributed by atoms with Crippen molar-refractivity contribution in [2.45, 2.75) is 51.5 Å². The molecule has 0 bridgehead atoms. The highest BCUT2D eigenvalue weighted by molar-refractivity contribution is 7.18. The van der Waals surface area contributed by atoms with Gasteiger partial charge in [-0.05, 0) is 54.5 Å². The van der Waals surface area contributed by atoms with Gasteiger partial charge in [-0.25, -0.2) is 4.98 Å². The van der Waals surface area contributed by atoms with E-state index in [1.807, 2.05) is 49.4 Å². The third-order valence-corrected chi connectivity index (χ3v) is 7.66. The van der Waals surface area contributed by atoms with Crippen LogP contribution in [0.4, 0.5) is 0 Å². The van der Waals surface area contributed by atoms with Crippen LogP contribution in [0, 0.1) is 0 Å². The van der Waals surface area contributed by atoms with Crippen LogP contribution in [-0.4, -0.2) is 28.5 Å². The van der Waals surface area contributed by atoms with E-state index >= 15 is 0 Å². The molecule has 5 rings (SSSR count). The normalized spacial score (nSPS) is 14.0. The Kier molecular flexibility index (Phi) is 6.63. The van der Waals surface area contributed by atoms with Crippen molar-refractivity contribution in [2.24, 2.45) is 0 Å². The Morgan fingerprint density at radius 3 is 2.83 bits per heavy atom. The van der Waals surface area contributed by atoms with E-state index in [0.29, 0.717) is 11.2 Å². The molecule has 0 saturated heterocycles. The molecule has 2 aromatic heterocycles. The smallest absolute Gasteiger partial charge is 0.306 e. The highest BCUT2D eigenvalue weighted by atomic mass is 32.1. The van der Waals surface area contributed by atoms with Crippen molar-refractivity contribution in [3.8, 4) is 0 Å². The third-order valence-electron chi connectivity index (χ3n) is 6.47. The molecule has 0 fully saturated rings. The molecule has 0 aliphatic heterocycles. The number of ether oxygens (including phenoxy) is 1. The van der Waals surface area contributed by atoms with Crippen LogP contribution < -0.4 is 10.9 Å². The lowest BCUT2D eigenvalue weighted by Crippen LogP contribution is -2.31. The lowest BCUT2D eigenvalue weighted by molar-refractivity contribution is -0.148. The molecule has 0 saturated carbocycles. The fraction of sp³-hybridized carbons (Fsp3) is 0.333. The molecule has 35 heavy (non-hydrogen) atoms. The second kappa shape index (κ2) is 10.00. The number of carbonyl (C=O) groups is 2. The van der Waals surface area contributed by atoms with Gasteiger partial charge in [0.1, 0.15) is 10.7 Å².